The number of nitrogens with one attached hydrogen (secondary N) is 2. The molecule has 2 aromatic carbocycles. The predicted octanol–water partition coefficient (Wildman–Crippen LogP) is 2.51. The Bertz CT molecular complexity index is 717. The van der Waals surface area contributed by atoms with E-state index in [0.29, 0.717) is 23.7 Å². The average Bonchev–Trinajstić information content (AvgIpc) is 2.59. The molecule has 24 heavy (non-hydrogen) atoms. The van der Waals surface area contributed by atoms with E-state index in [1.54, 1.807) is 31.4 Å². The lowest BCUT2D eigenvalue weighted by Gasteiger charge is -2.08. The summed E-state index contributed by atoms with van der Waals surface area (Å²) in [4.78, 5) is 16.1. The molecule has 6 nitrogen and oxygen atoms in total. The smallest absolute Gasteiger partial charge is 0.251 e. The van der Waals surface area contributed by atoms with Gasteiger partial charge in [-0.25, -0.2) is 0 Å². The van der Waals surface area contributed by atoms with Crippen LogP contribution in [0.2, 0.25) is 5.02 Å². The topological polar surface area (TPSA) is 88.7 Å². The van der Waals surface area contributed by atoms with Crippen molar-refractivity contribution >= 4 is 29.2 Å². The van der Waals surface area contributed by atoms with Crippen LogP contribution < -0.4 is 21.1 Å². The van der Waals surface area contributed by atoms with E-state index in [9.17, 15) is 4.79 Å². The first kappa shape index (κ1) is 17.6. The fourth-order valence-electron chi connectivity index (χ4n) is 1.94. The van der Waals surface area contributed by atoms with Crippen LogP contribution in [0.3, 0.4) is 0 Å². The van der Waals surface area contributed by atoms with Crippen LogP contribution in [0.15, 0.2) is 53.5 Å². The van der Waals surface area contributed by atoms with Gasteiger partial charge in [-0.05, 0) is 36.4 Å². The Morgan fingerprint density at radius 3 is 2.71 bits per heavy atom. The van der Waals surface area contributed by atoms with Gasteiger partial charge >= 0.3 is 0 Å². The monoisotopic (exact) mass is 346 g/mol. The van der Waals surface area contributed by atoms with Crippen LogP contribution in [-0.4, -0.2) is 32.1 Å². The molecular weight excluding hydrogens is 328 g/mol. The zero-order valence-corrected chi connectivity index (χ0v) is 14.0. The number of rotatable bonds is 6. The first-order chi connectivity index (χ1) is 11.6. The van der Waals surface area contributed by atoms with Crippen molar-refractivity contribution in [2.45, 2.75) is 0 Å². The van der Waals surface area contributed by atoms with Gasteiger partial charge in [-0.15, -0.1) is 0 Å². The molecule has 0 heterocycles. The molecule has 0 atom stereocenters. The highest BCUT2D eigenvalue weighted by Gasteiger charge is 2.04. The molecule has 0 saturated carbocycles. The number of hydrogen-bond acceptors (Lipinski definition) is 3. The summed E-state index contributed by atoms with van der Waals surface area (Å²) in [6.07, 6.45) is 0. The van der Waals surface area contributed by atoms with Crippen molar-refractivity contribution in [1.82, 2.24) is 5.32 Å². The maximum Gasteiger partial charge on any atom is 0.251 e. The van der Waals surface area contributed by atoms with Crippen LogP contribution in [0.1, 0.15) is 10.4 Å². The fourth-order valence-corrected chi connectivity index (χ4v) is 2.06. The Morgan fingerprint density at radius 2 is 2.00 bits per heavy atom. The van der Waals surface area contributed by atoms with Crippen molar-refractivity contribution in [3.05, 3.63) is 59.1 Å². The summed E-state index contributed by atoms with van der Waals surface area (Å²) in [7, 11) is 1.60. The number of ether oxygens (including phenoxy) is 1. The molecule has 0 spiro atoms. The molecule has 4 N–H and O–H groups in total. The molecule has 0 bridgehead atoms. The maximum atomic E-state index is 11.9. The number of benzene rings is 2. The highest BCUT2D eigenvalue weighted by molar-refractivity contribution is 6.30. The van der Waals surface area contributed by atoms with Crippen LogP contribution in [0.5, 0.6) is 5.75 Å². The second-order valence-corrected chi connectivity index (χ2v) is 5.32. The minimum atomic E-state index is -0.179. The number of amides is 1. The number of guanidine groups is 1. The van der Waals surface area contributed by atoms with Gasteiger partial charge in [0.25, 0.3) is 5.91 Å². The molecule has 0 saturated heterocycles. The summed E-state index contributed by atoms with van der Waals surface area (Å²) in [5, 5.41) is 6.32. The van der Waals surface area contributed by atoms with Crippen molar-refractivity contribution in [1.29, 1.82) is 0 Å². The van der Waals surface area contributed by atoms with E-state index >= 15 is 0 Å². The molecule has 2 rings (SSSR count). The van der Waals surface area contributed by atoms with Crippen LogP contribution in [0.4, 0.5) is 5.69 Å². The molecule has 0 fully saturated rings. The number of carbonyl (C=O) groups excluding carboxylic acids is 1. The quantitative estimate of drug-likeness (QED) is 0.426. The highest BCUT2D eigenvalue weighted by Crippen LogP contribution is 2.16. The Balaban J connectivity index is 1.78. The second kappa shape index (κ2) is 8.79. The zero-order valence-electron chi connectivity index (χ0n) is 13.3. The third-order valence-electron chi connectivity index (χ3n) is 3.13. The van der Waals surface area contributed by atoms with Gasteiger partial charge < -0.3 is 21.1 Å². The molecule has 0 radical (unpaired) electrons. The van der Waals surface area contributed by atoms with E-state index in [-0.39, 0.29) is 11.9 Å². The van der Waals surface area contributed by atoms with E-state index in [0.717, 1.165) is 11.4 Å². The van der Waals surface area contributed by atoms with E-state index < -0.39 is 0 Å². The summed E-state index contributed by atoms with van der Waals surface area (Å²) >= 11 is 5.79. The predicted molar refractivity (Wildman–Crippen MR) is 96.9 cm³/mol. The number of nitrogens with zero attached hydrogens (tertiary/aromatic N) is 1. The summed E-state index contributed by atoms with van der Waals surface area (Å²) < 4.78 is 5.13. The minimum Gasteiger partial charge on any atom is -0.497 e. The second-order valence-electron chi connectivity index (χ2n) is 4.89. The van der Waals surface area contributed by atoms with E-state index in [4.69, 9.17) is 22.1 Å². The first-order valence-corrected chi connectivity index (χ1v) is 7.71. The number of nitrogens with two attached hydrogens (primary N) is 1. The number of aliphatic imine (C=N–C) groups is 1. The van der Waals surface area contributed by atoms with Gasteiger partial charge in [0.05, 0.1) is 13.7 Å². The van der Waals surface area contributed by atoms with Gasteiger partial charge in [-0.1, -0.05) is 17.7 Å². The first-order valence-electron chi connectivity index (χ1n) is 7.33. The molecule has 0 unspecified atom stereocenters. The van der Waals surface area contributed by atoms with Gasteiger partial charge in [-0.3, -0.25) is 9.79 Å². The third kappa shape index (κ3) is 5.48. The van der Waals surface area contributed by atoms with Crippen molar-refractivity contribution in [3.8, 4) is 5.75 Å². The SMILES string of the molecule is COc1cccc(NC(N)=NCCNC(=O)c2ccc(Cl)cc2)c1. The number of methoxy groups -OCH3 is 1. The van der Waals surface area contributed by atoms with E-state index in [1.165, 1.54) is 0 Å². The molecular formula is C17H19ClN4O2. The van der Waals surface area contributed by atoms with Crippen LogP contribution >= 0.6 is 11.6 Å². The Kier molecular flexibility index (Phi) is 6.45. The molecule has 0 aliphatic carbocycles. The van der Waals surface area contributed by atoms with Gasteiger partial charge in [0.2, 0.25) is 0 Å². The fraction of sp³-hybridized carbons (Fsp3) is 0.176. The number of halogens is 1. The largest absolute Gasteiger partial charge is 0.497 e. The molecule has 126 valence electrons. The van der Waals surface area contributed by atoms with Crippen LogP contribution in [0.25, 0.3) is 0 Å². The van der Waals surface area contributed by atoms with Crippen molar-refractivity contribution in [2.24, 2.45) is 10.7 Å². The van der Waals surface area contributed by atoms with Gasteiger partial charge in [0.15, 0.2) is 5.96 Å². The van der Waals surface area contributed by atoms with Gasteiger partial charge in [0.1, 0.15) is 5.75 Å². The Hall–Kier alpha value is -2.73. The molecule has 7 heteroatoms. The van der Waals surface area contributed by atoms with E-state index in [1.807, 2.05) is 24.3 Å². The van der Waals surface area contributed by atoms with Gasteiger partial charge in [0, 0.05) is 28.9 Å². The number of anilines is 1. The number of carbonyl (C=O) groups is 1. The lowest BCUT2D eigenvalue weighted by atomic mass is 10.2. The minimum absolute atomic E-state index is 0.179. The van der Waals surface area contributed by atoms with Crippen molar-refractivity contribution in [3.63, 3.8) is 0 Å². The molecule has 0 aromatic heterocycles. The molecule has 2 aromatic rings. The van der Waals surface area contributed by atoms with E-state index in [2.05, 4.69) is 15.6 Å². The Labute approximate surface area is 145 Å². The Morgan fingerprint density at radius 1 is 1.25 bits per heavy atom. The summed E-state index contributed by atoms with van der Waals surface area (Å²) in [5.74, 6) is 0.813. The highest BCUT2D eigenvalue weighted by atomic mass is 35.5. The molecule has 1 amide bonds. The molecule has 0 aliphatic rings. The average molecular weight is 347 g/mol. The zero-order chi connectivity index (χ0) is 17.4. The van der Waals surface area contributed by atoms with Gasteiger partial charge in [-0.2, -0.15) is 0 Å². The summed E-state index contributed by atoms with van der Waals surface area (Å²) in [6.45, 7) is 0.740. The maximum absolute atomic E-state index is 11.9. The van der Waals surface area contributed by atoms with Crippen molar-refractivity contribution in [2.75, 3.05) is 25.5 Å². The van der Waals surface area contributed by atoms with Crippen LogP contribution in [-0.2, 0) is 0 Å². The van der Waals surface area contributed by atoms with Crippen LogP contribution in [0, 0.1) is 0 Å². The standard InChI is InChI=1S/C17H19ClN4O2/c1-24-15-4-2-3-14(11-15)22-17(19)21-10-9-20-16(23)12-5-7-13(18)8-6-12/h2-8,11H,9-10H2,1H3,(H,20,23)(H3,19,21,22). The molecule has 0 aliphatic heterocycles. The third-order valence-corrected chi connectivity index (χ3v) is 3.38. The summed E-state index contributed by atoms with van der Waals surface area (Å²) in [6, 6.07) is 14.0. The number of hydrogen-bond donors (Lipinski definition) is 3. The lowest BCUT2D eigenvalue weighted by Crippen LogP contribution is -2.28. The lowest BCUT2D eigenvalue weighted by molar-refractivity contribution is 0.0955. The normalized spacial score (nSPS) is 11.0. The van der Waals surface area contributed by atoms with Crippen molar-refractivity contribution < 1.29 is 9.53 Å². The summed E-state index contributed by atoms with van der Waals surface area (Å²) in [5.41, 5.74) is 7.14.